The fourth-order valence-electron chi connectivity index (χ4n) is 2.58. The number of carbonyl (C=O) groups is 3. The Balaban J connectivity index is 2.07. The molecule has 0 fully saturated rings. The minimum Gasteiger partial charge on any atom is -0.508 e. The zero-order chi connectivity index (χ0) is 21.9. The molecule has 0 saturated carbocycles. The molecule has 2 amide bonds. The van der Waals surface area contributed by atoms with Crippen LogP contribution in [0.4, 0.5) is 4.79 Å². The summed E-state index contributed by atoms with van der Waals surface area (Å²) in [5.41, 5.74) is 1.42. The topological polar surface area (TPSA) is 134 Å². The van der Waals surface area contributed by atoms with Gasteiger partial charge >= 0.3 is 12.1 Å². The summed E-state index contributed by atoms with van der Waals surface area (Å²) in [7, 11) is 1.13. The number of esters is 1. The Kier molecular flexibility index (Phi) is 8.64. The van der Waals surface area contributed by atoms with Crippen LogP contribution < -0.4 is 10.6 Å². The van der Waals surface area contributed by atoms with Crippen molar-refractivity contribution in [1.82, 2.24) is 10.6 Å². The van der Waals surface area contributed by atoms with E-state index in [0.717, 1.165) is 12.7 Å². The predicted octanol–water partition coefficient (Wildman–Crippen LogP) is 0.880. The zero-order valence-electron chi connectivity index (χ0n) is 16.4. The van der Waals surface area contributed by atoms with Crippen molar-refractivity contribution in [3.63, 3.8) is 0 Å². The summed E-state index contributed by atoms with van der Waals surface area (Å²) < 4.78 is 9.68. The maximum absolute atomic E-state index is 12.7. The van der Waals surface area contributed by atoms with Gasteiger partial charge in [-0.15, -0.1) is 0 Å². The molecule has 2 aromatic carbocycles. The largest absolute Gasteiger partial charge is 0.508 e. The van der Waals surface area contributed by atoms with Gasteiger partial charge in [-0.05, 0) is 23.3 Å². The number of hydrogen-bond donors (Lipinski definition) is 4. The molecule has 0 aromatic heterocycles. The monoisotopic (exact) mass is 416 g/mol. The summed E-state index contributed by atoms with van der Waals surface area (Å²) in [5, 5.41) is 23.5. The molecule has 0 unspecified atom stereocenters. The Morgan fingerprint density at radius 2 is 1.60 bits per heavy atom. The van der Waals surface area contributed by atoms with Crippen LogP contribution in [-0.2, 0) is 32.1 Å². The van der Waals surface area contributed by atoms with Gasteiger partial charge in [0.2, 0.25) is 5.91 Å². The third-order valence-electron chi connectivity index (χ3n) is 4.18. The summed E-state index contributed by atoms with van der Waals surface area (Å²) in [6.07, 6.45) is -0.761. The predicted molar refractivity (Wildman–Crippen MR) is 106 cm³/mol. The fourth-order valence-corrected chi connectivity index (χ4v) is 2.58. The van der Waals surface area contributed by atoms with Crippen LogP contribution in [0.25, 0.3) is 0 Å². The maximum atomic E-state index is 12.7. The SMILES string of the molecule is COC(=O)[C@H](CO)NC(=O)[C@H](Cc1ccc(O)cc1)NC(=O)OCc1ccccc1. The lowest BCUT2D eigenvalue weighted by molar-refractivity contribution is -0.146. The number of rotatable bonds is 9. The molecule has 0 aliphatic heterocycles. The van der Waals surface area contributed by atoms with Crippen LogP contribution in [0.2, 0.25) is 0 Å². The van der Waals surface area contributed by atoms with Gasteiger partial charge in [-0.1, -0.05) is 42.5 Å². The Bertz CT molecular complexity index is 840. The first-order chi connectivity index (χ1) is 14.4. The minimum absolute atomic E-state index is 0.0155. The fraction of sp³-hybridized carbons (Fsp3) is 0.286. The highest BCUT2D eigenvalue weighted by Crippen LogP contribution is 2.12. The van der Waals surface area contributed by atoms with Crippen molar-refractivity contribution in [1.29, 1.82) is 0 Å². The number of aliphatic hydroxyl groups excluding tert-OH is 1. The number of aromatic hydroxyl groups is 1. The third-order valence-corrected chi connectivity index (χ3v) is 4.18. The number of amides is 2. The van der Waals surface area contributed by atoms with Gasteiger partial charge in [0.25, 0.3) is 0 Å². The lowest BCUT2D eigenvalue weighted by Crippen LogP contribution is -2.53. The van der Waals surface area contributed by atoms with Gasteiger partial charge in [-0.25, -0.2) is 9.59 Å². The Morgan fingerprint density at radius 3 is 2.20 bits per heavy atom. The van der Waals surface area contributed by atoms with Crippen LogP contribution in [-0.4, -0.2) is 54.0 Å². The number of aliphatic hydroxyl groups is 1. The highest BCUT2D eigenvalue weighted by Gasteiger charge is 2.27. The van der Waals surface area contributed by atoms with Crippen molar-refractivity contribution in [2.45, 2.75) is 25.1 Å². The van der Waals surface area contributed by atoms with Crippen LogP contribution >= 0.6 is 0 Å². The first-order valence-electron chi connectivity index (χ1n) is 9.17. The zero-order valence-corrected chi connectivity index (χ0v) is 16.4. The first kappa shape index (κ1) is 22.7. The number of nitrogens with one attached hydrogen (secondary N) is 2. The van der Waals surface area contributed by atoms with E-state index in [9.17, 15) is 24.6 Å². The van der Waals surface area contributed by atoms with Crippen molar-refractivity contribution in [3.05, 3.63) is 65.7 Å². The highest BCUT2D eigenvalue weighted by molar-refractivity contribution is 5.89. The first-order valence-corrected chi connectivity index (χ1v) is 9.17. The molecule has 2 atom stereocenters. The smallest absolute Gasteiger partial charge is 0.408 e. The van der Waals surface area contributed by atoms with Crippen molar-refractivity contribution in [2.75, 3.05) is 13.7 Å². The number of alkyl carbamates (subject to hydrolysis) is 1. The molecule has 0 heterocycles. The number of benzene rings is 2. The number of phenolic OH excluding ortho intramolecular Hbond substituents is 1. The van der Waals surface area contributed by atoms with Crippen molar-refractivity contribution in [2.24, 2.45) is 0 Å². The van der Waals surface area contributed by atoms with Gasteiger partial charge in [0.1, 0.15) is 18.4 Å². The molecule has 0 bridgehead atoms. The van der Waals surface area contributed by atoms with E-state index >= 15 is 0 Å². The Hall–Kier alpha value is -3.59. The molecule has 0 radical (unpaired) electrons. The van der Waals surface area contributed by atoms with Crippen molar-refractivity contribution < 1.29 is 34.1 Å². The van der Waals surface area contributed by atoms with Gasteiger partial charge in [-0.2, -0.15) is 0 Å². The molecule has 0 aliphatic rings. The van der Waals surface area contributed by atoms with E-state index in [2.05, 4.69) is 15.4 Å². The van der Waals surface area contributed by atoms with Crippen molar-refractivity contribution >= 4 is 18.0 Å². The molecule has 2 rings (SSSR count). The normalized spacial score (nSPS) is 12.3. The summed E-state index contributed by atoms with van der Waals surface area (Å²) in [5.74, 6) is -1.47. The highest BCUT2D eigenvalue weighted by atomic mass is 16.5. The van der Waals surface area contributed by atoms with E-state index in [4.69, 9.17) is 4.74 Å². The van der Waals surface area contributed by atoms with E-state index in [1.54, 1.807) is 36.4 Å². The molecule has 4 N–H and O–H groups in total. The van der Waals surface area contributed by atoms with Crippen LogP contribution in [0.15, 0.2) is 54.6 Å². The van der Waals surface area contributed by atoms with Crippen LogP contribution in [0, 0.1) is 0 Å². The summed E-state index contributed by atoms with van der Waals surface area (Å²) in [6, 6.07) is 12.7. The van der Waals surface area contributed by atoms with E-state index in [1.165, 1.54) is 12.1 Å². The number of phenols is 1. The standard InChI is InChI=1S/C21H24N2O7/c1-29-20(27)18(12-24)22-19(26)17(11-14-7-9-16(25)10-8-14)23-21(28)30-13-15-5-3-2-4-6-15/h2-10,17-18,24-25H,11-13H2,1H3,(H,22,26)(H,23,28)/t17-,18-/m0/s1. The summed E-state index contributed by atoms with van der Waals surface area (Å²) in [6.45, 7) is -0.648. The van der Waals surface area contributed by atoms with E-state index in [1.807, 2.05) is 6.07 Å². The van der Waals surface area contributed by atoms with E-state index in [0.29, 0.717) is 5.56 Å². The molecule has 2 aromatic rings. The van der Waals surface area contributed by atoms with Gasteiger partial charge in [0.15, 0.2) is 6.04 Å². The van der Waals surface area contributed by atoms with Crippen LogP contribution in [0.3, 0.4) is 0 Å². The molecular formula is C21H24N2O7. The van der Waals surface area contributed by atoms with Gasteiger partial charge < -0.3 is 30.3 Å². The second-order valence-corrected chi connectivity index (χ2v) is 6.40. The van der Waals surface area contributed by atoms with Gasteiger partial charge in [0, 0.05) is 6.42 Å². The Labute approximate surface area is 173 Å². The number of hydrogen-bond acceptors (Lipinski definition) is 7. The number of ether oxygens (including phenoxy) is 2. The molecule has 9 nitrogen and oxygen atoms in total. The van der Waals surface area contributed by atoms with E-state index < -0.39 is 36.7 Å². The molecule has 9 heteroatoms. The molecule has 30 heavy (non-hydrogen) atoms. The second-order valence-electron chi connectivity index (χ2n) is 6.40. The summed E-state index contributed by atoms with van der Waals surface area (Å²) >= 11 is 0. The minimum atomic E-state index is -1.27. The quantitative estimate of drug-likeness (QED) is 0.446. The number of methoxy groups -OCH3 is 1. The van der Waals surface area contributed by atoms with Gasteiger partial charge in [-0.3, -0.25) is 4.79 Å². The van der Waals surface area contributed by atoms with Crippen LogP contribution in [0.5, 0.6) is 5.75 Å². The molecular weight excluding hydrogens is 392 g/mol. The summed E-state index contributed by atoms with van der Waals surface area (Å²) in [4.78, 5) is 36.5. The lowest BCUT2D eigenvalue weighted by Gasteiger charge is -2.21. The molecule has 0 aliphatic carbocycles. The average molecular weight is 416 g/mol. The third kappa shape index (κ3) is 7.10. The second kappa shape index (κ2) is 11.4. The van der Waals surface area contributed by atoms with Gasteiger partial charge in [0.05, 0.1) is 13.7 Å². The Morgan fingerprint density at radius 1 is 0.933 bits per heavy atom. The molecule has 0 saturated heterocycles. The van der Waals surface area contributed by atoms with Crippen molar-refractivity contribution in [3.8, 4) is 5.75 Å². The average Bonchev–Trinajstić information content (AvgIpc) is 2.77. The molecule has 0 spiro atoms. The van der Waals surface area contributed by atoms with E-state index in [-0.39, 0.29) is 18.8 Å². The number of carbonyl (C=O) groups excluding carboxylic acids is 3. The molecule has 160 valence electrons. The van der Waals surface area contributed by atoms with Crippen LogP contribution in [0.1, 0.15) is 11.1 Å². The lowest BCUT2D eigenvalue weighted by atomic mass is 10.0. The maximum Gasteiger partial charge on any atom is 0.408 e.